The number of rotatable bonds is 3. The normalized spacial score (nSPS) is 19.4. The van der Waals surface area contributed by atoms with Crippen LogP contribution in [0.4, 0.5) is 0 Å². The topological polar surface area (TPSA) is 40.6 Å². The molecule has 0 spiro atoms. The average molecular weight is 422 g/mol. The minimum atomic E-state index is -3.80. The Labute approximate surface area is 164 Å². The Morgan fingerprint density at radius 1 is 0.960 bits per heavy atom. The average Bonchev–Trinajstić information content (AvgIpc) is 2.55. The van der Waals surface area contributed by atoms with E-state index in [-0.39, 0.29) is 33.4 Å². The van der Waals surface area contributed by atoms with Crippen molar-refractivity contribution in [3.63, 3.8) is 0 Å². The van der Waals surface area contributed by atoms with E-state index in [1.165, 1.54) is 4.31 Å². The maximum atomic E-state index is 13.3. The van der Waals surface area contributed by atoms with Crippen molar-refractivity contribution >= 4 is 45.6 Å². The lowest BCUT2D eigenvalue weighted by molar-refractivity contribution is 0.161. The molecule has 1 aliphatic heterocycles. The Kier molecular flexibility index (Phi) is 6.76. The molecule has 2 aromatic carbocycles. The Morgan fingerprint density at radius 3 is 2.16 bits per heavy atom. The number of nitrogens with zero attached hydrogens (tertiary/aromatic N) is 2. The van der Waals surface area contributed by atoms with Crippen LogP contribution in [0.3, 0.4) is 0 Å². The maximum absolute atomic E-state index is 13.3. The minimum Gasteiger partial charge on any atom is -0.303 e. The number of likely N-dealkylation sites (N-methyl/N-ethyl adjacent to an activating group) is 1. The third-order valence-electron chi connectivity index (χ3n) is 4.20. The third-order valence-corrected chi connectivity index (χ3v) is 7.07. The first-order valence-corrected chi connectivity index (χ1v) is 9.80. The summed E-state index contributed by atoms with van der Waals surface area (Å²) in [6, 6.07) is 14.1. The highest BCUT2D eigenvalue weighted by atomic mass is 35.5. The smallest absolute Gasteiger partial charge is 0.246 e. The van der Waals surface area contributed by atoms with E-state index in [0.29, 0.717) is 19.6 Å². The molecular formula is C17H19Cl3N2O2S. The first kappa shape index (κ1) is 20.5. The molecule has 0 amide bonds. The summed E-state index contributed by atoms with van der Waals surface area (Å²) < 4.78 is 28.0. The zero-order valence-corrected chi connectivity index (χ0v) is 16.7. The van der Waals surface area contributed by atoms with Crippen molar-refractivity contribution in [2.75, 3.05) is 26.7 Å². The summed E-state index contributed by atoms with van der Waals surface area (Å²) in [4.78, 5) is 2.11. The summed E-state index contributed by atoms with van der Waals surface area (Å²) in [5.41, 5.74) is 0.954. The van der Waals surface area contributed by atoms with Crippen LogP contribution in [0.1, 0.15) is 11.6 Å². The molecular weight excluding hydrogens is 403 g/mol. The third kappa shape index (κ3) is 4.13. The molecule has 1 saturated heterocycles. The van der Waals surface area contributed by atoms with Crippen LogP contribution in [-0.4, -0.2) is 44.3 Å². The van der Waals surface area contributed by atoms with Gasteiger partial charge in [-0.2, -0.15) is 4.31 Å². The molecule has 3 rings (SSSR count). The molecule has 0 aromatic heterocycles. The molecule has 1 unspecified atom stereocenters. The summed E-state index contributed by atoms with van der Waals surface area (Å²) in [7, 11) is -1.81. The molecule has 2 aromatic rings. The van der Waals surface area contributed by atoms with Crippen LogP contribution < -0.4 is 0 Å². The molecule has 0 aliphatic carbocycles. The summed E-state index contributed by atoms with van der Waals surface area (Å²) in [5.74, 6) is 0. The fourth-order valence-corrected chi connectivity index (χ4v) is 5.67. The Bertz CT molecular complexity index is 811. The van der Waals surface area contributed by atoms with Crippen molar-refractivity contribution in [1.82, 2.24) is 9.21 Å². The van der Waals surface area contributed by atoms with Gasteiger partial charge in [0.05, 0.1) is 16.1 Å². The lowest BCUT2D eigenvalue weighted by Crippen LogP contribution is -2.49. The van der Waals surface area contributed by atoms with Gasteiger partial charge in [0.15, 0.2) is 0 Å². The van der Waals surface area contributed by atoms with E-state index in [4.69, 9.17) is 23.2 Å². The first-order valence-electron chi connectivity index (χ1n) is 7.60. The second-order valence-electron chi connectivity index (χ2n) is 5.86. The molecule has 4 nitrogen and oxygen atoms in total. The number of halogens is 3. The van der Waals surface area contributed by atoms with E-state index in [1.807, 2.05) is 37.4 Å². The van der Waals surface area contributed by atoms with Gasteiger partial charge in [-0.15, -0.1) is 12.4 Å². The number of hydrogen-bond donors (Lipinski definition) is 0. The molecule has 8 heteroatoms. The molecule has 1 fully saturated rings. The van der Waals surface area contributed by atoms with Gasteiger partial charge in [-0.3, -0.25) is 0 Å². The SMILES string of the molecule is CN1CCN(S(=O)(=O)c2c(Cl)cccc2Cl)C(c2ccccc2)C1.Cl. The van der Waals surface area contributed by atoms with Gasteiger partial charge < -0.3 is 4.90 Å². The lowest BCUT2D eigenvalue weighted by Gasteiger charge is -2.39. The fourth-order valence-electron chi connectivity index (χ4n) is 2.98. The zero-order valence-electron chi connectivity index (χ0n) is 13.6. The molecule has 25 heavy (non-hydrogen) atoms. The van der Waals surface area contributed by atoms with Gasteiger partial charge in [0.1, 0.15) is 4.90 Å². The van der Waals surface area contributed by atoms with E-state index in [0.717, 1.165) is 5.56 Å². The number of hydrogen-bond acceptors (Lipinski definition) is 3. The van der Waals surface area contributed by atoms with Gasteiger partial charge in [-0.05, 0) is 24.7 Å². The Hall–Kier alpha value is -0.820. The summed E-state index contributed by atoms with van der Waals surface area (Å²) in [6.45, 7) is 1.66. The molecule has 1 heterocycles. The molecule has 0 bridgehead atoms. The van der Waals surface area contributed by atoms with Crippen LogP contribution in [0, 0.1) is 0 Å². The highest BCUT2D eigenvalue weighted by molar-refractivity contribution is 7.89. The molecule has 0 N–H and O–H groups in total. The van der Waals surface area contributed by atoms with Crippen molar-refractivity contribution in [3.05, 3.63) is 64.1 Å². The molecule has 136 valence electrons. The van der Waals surface area contributed by atoms with Crippen molar-refractivity contribution in [3.8, 4) is 0 Å². The van der Waals surface area contributed by atoms with Crippen LogP contribution in [0.25, 0.3) is 0 Å². The standard InChI is InChI=1S/C17H18Cl2N2O2S.ClH/c1-20-10-11-21(16(12-20)13-6-3-2-4-7-13)24(22,23)17-14(18)8-5-9-15(17)19;/h2-9,16H,10-12H2,1H3;1H. The molecule has 0 saturated carbocycles. The van der Waals surface area contributed by atoms with Crippen molar-refractivity contribution in [2.45, 2.75) is 10.9 Å². The number of piperazine rings is 1. The van der Waals surface area contributed by atoms with E-state index in [1.54, 1.807) is 18.2 Å². The second kappa shape index (κ2) is 8.25. The first-order chi connectivity index (χ1) is 11.4. The van der Waals surface area contributed by atoms with Crippen LogP contribution in [0.5, 0.6) is 0 Å². The molecule has 1 atom stereocenters. The lowest BCUT2D eigenvalue weighted by atomic mass is 10.1. The largest absolute Gasteiger partial charge is 0.303 e. The maximum Gasteiger partial charge on any atom is 0.246 e. The van der Waals surface area contributed by atoms with E-state index in [2.05, 4.69) is 4.90 Å². The van der Waals surface area contributed by atoms with Gasteiger partial charge in [-0.25, -0.2) is 8.42 Å². The van der Waals surface area contributed by atoms with Gasteiger partial charge >= 0.3 is 0 Å². The predicted molar refractivity (Wildman–Crippen MR) is 104 cm³/mol. The van der Waals surface area contributed by atoms with Gasteiger partial charge in [-0.1, -0.05) is 59.6 Å². The van der Waals surface area contributed by atoms with Gasteiger partial charge in [0, 0.05) is 19.6 Å². The fraction of sp³-hybridized carbons (Fsp3) is 0.294. The van der Waals surface area contributed by atoms with E-state index in [9.17, 15) is 8.42 Å². The second-order valence-corrected chi connectivity index (χ2v) is 8.50. The highest BCUT2D eigenvalue weighted by Crippen LogP contribution is 2.36. The monoisotopic (exact) mass is 420 g/mol. The summed E-state index contributed by atoms with van der Waals surface area (Å²) in [6.07, 6.45) is 0. The zero-order chi connectivity index (χ0) is 17.3. The quantitative estimate of drug-likeness (QED) is 0.749. The Morgan fingerprint density at radius 2 is 1.56 bits per heavy atom. The van der Waals surface area contributed by atoms with Gasteiger partial charge in [0.25, 0.3) is 0 Å². The van der Waals surface area contributed by atoms with Crippen LogP contribution in [-0.2, 0) is 10.0 Å². The number of sulfonamides is 1. The number of benzene rings is 2. The van der Waals surface area contributed by atoms with Crippen LogP contribution in [0.15, 0.2) is 53.4 Å². The van der Waals surface area contributed by atoms with E-state index >= 15 is 0 Å². The highest BCUT2D eigenvalue weighted by Gasteiger charge is 2.38. The van der Waals surface area contributed by atoms with E-state index < -0.39 is 10.0 Å². The summed E-state index contributed by atoms with van der Waals surface area (Å²) >= 11 is 12.3. The molecule has 0 radical (unpaired) electrons. The Balaban J connectivity index is 0.00000225. The predicted octanol–water partition coefficient (Wildman–Crippen LogP) is 4.09. The van der Waals surface area contributed by atoms with Gasteiger partial charge in [0.2, 0.25) is 10.0 Å². The van der Waals surface area contributed by atoms with Crippen LogP contribution in [0.2, 0.25) is 10.0 Å². The molecule has 1 aliphatic rings. The van der Waals surface area contributed by atoms with Crippen molar-refractivity contribution in [1.29, 1.82) is 0 Å². The van der Waals surface area contributed by atoms with Crippen LogP contribution >= 0.6 is 35.6 Å². The van der Waals surface area contributed by atoms with Crippen molar-refractivity contribution < 1.29 is 8.42 Å². The summed E-state index contributed by atoms with van der Waals surface area (Å²) in [5, 5.41) is 0.293. The van der Waals surface area contributed by atoms with Crippen molar-refractivity contribution in [2.24, 2.45) is 0 Å². The minimum absolute atomic E-state index is 0.